The smallest absolute Gasteiger partial charge is 0.357 e. The summed E-state index contributed by atoms with van der Waals surface area (Å²) in [5.74, 6) is 4.02. The zero-order chi connectivity index (χ0) is 19.9. The van der Waals surface area contributed by atoms with Crippen LogP contribution < -0.4 is 20.2 Å². The maximum Gasteiger partial charge on any atom is 0.370 e. The Hall–Kier alpha value is -2.32. The van der Waals surface area contributed by atoms with Crippen LogP contribution in [0, 0.1) is 0 Å². The Labute approximate surface area is 173 Å². The fourth-order valence-corrected chi connectivity index (χ4v) is 5.04. The first-order valence-corrected chi connectivity index (χ1v) is 10.9. The third-order valence-electron chi connectivity index (χ3n) is 6.71. The van der Waals surface area contributed by atoms with Gasteiger partial charge < -0.3 is 4.52 Å². The van der Waals surface area contributed by atoms with Gasteiger partial charge in [0.15, 0.2) is 0 Å². The van der Waals surface area contributed by atoms with Crippen molar-refractivity contribution >= 4 is 35.5 Å². The highest BCUT2D eigenvalue weighted by molar-refractivity contribution is 7.77. The van der Waals surface area contributed by atoms with Crippen molar-refractivity contribution in [1.29, 1.82) is 0 Å². The fourth-order valence-electron chi connectivity index (χ4n) is 5.04. The van der Waals surface area contributed by atoms with Gasteiger partial charge in [0.1, 0.15) is 30.4 Å². The standard InChI is InChI=1S/C21H21N4O2.H3NS/c1-11-9-23-19-16(18(27-22-19)13-4-5-13)10-24-20(26)15-8-14(12-2-3-12)6-7-17(15)25(11)21(23)24;1-2/h6-8,11-13H,2-5,9-10H2,1H3;2H,1H2/q+1;. The monoisotopic (exact) mass is 410 g/mol. The van der Waals surface area contributed by atoms with Gasteiger partial charge in [-0.3, -0.25) is 9.93 Å². The van der Waals surface area contributed by atoms with Crippen molar-refractivity contribution < 1.29 is 9.09 Å². The minimum atomic E-state index is 0.117. The van der Waals surface area contributed by atoms with Gasteiger partial charge in [0.25, 0.3) is 0 Å². The minimum absolute atomic E-state index is 0.117. The highest BCUT2D eigenvalue weighted by Crippen LogP contribution is 2.47. The van der Waals surface area contributed by atoms with Gasteiger partial charge >= 0.3 is 11.5 Å². The summed E-state index contributed by atoms with van der Waals surface area (Å²) in [6.45, 7) is 3.62. The van der Waals surface area contributed by atoms with E-state index < -0.39 is 0 Å². The van der Waals surface area contributed by atoms with E-state index in [1.54, 1.807) is 0 Å². The number of nitrogens with two attached hydrogens (primary N) is 1. The number of benzene rings is 1. The largest absolute Gasteiger partial charge is 0.370 e. The van der Waals surface area contributed by atoms with Crippen LogP contribution in [0.1, 0.15) is 67.4 Å². The minimum Gasteiger partial charge on any atom is -0.357 e. The van der Waals surface area contributed by atoms with Crippen molar-refractivity contribution in [1.82, 2.24) is 9.72 Å². The molecule has 3 aromatic rings. The van der Waals surface area contributed by atoms with Gasteiger partial charge in [-0.1, -0.05) is 6.07 Å². The van der Waals surface area contributed by atoms with Crippen LogP contribution in [0.5, 0.6) is 0 Å². The van der Waals surface area contributed by atoms with E-state index in [0.717, 1.165) is 40.5 Å². The molecule has 0 spiro atoms. The summed E-state index contributed by atoms with van der Waals surface area (Å²) >= 11 is 3.03. The molecule has 4 aliphatic rings. The second kappa shape index (κ2) is 6.09. The summed E-state index contributed by atoms with van der Waals surface area (Å²) in [6.07, 6.45) is 4.83. The van der Waals surface area contributed by atoms with Crippen LogP contribution in [0.3, 0.4) is 0 Å². The van der Waals surface area contributed by atoms with Crippen LogP contribution >= 0.6 is 12.8 Å². The maximum atomic E-state index is 13.5. The molecule has 2 fully saturated rings. The van der Waals surface area contributed by atoms with Crippen LogP contribution in [0.4, 0.5) is 11.8 Å². The molecule has 0 radical (unpaired) electrons. The average molecular weight is 411 g/mol. The second-order valence-corrected chi connectivity index (χ2v) is 8.70. The van der Waals surface area contributed by atoms with Crippen molar-refractivity contribution in [2.75, 3.05) is 11.4 Å². The summed E-state index contributed by atoms with van der Waals surface area (Å²) in [5.41, 5.74) is 3.59. The Morgan fingerprint density at radius 3 is 2.69 bits per heavy atom. The van der Waals surface area contributed by atoms with Gasteiger partial charge in [0, 0.05) is 5.92 Å². The summed E-state index contributed by atoms with van der Waals surface area (Å²) < 4.78 is 10.0. The quantitative estimate of drug-likeness (QED) is 0.502. The van der Waals surface area contributed by atoms with Crippen molar-refractivity contribution in [3.63, 3.8) is 0 Å². The predicted octanol–water partition coefficient (Wildman–Crippen LogP) is 2.90. The van der Waals surface area contributed by atoms with E-state index >= 15 is 0 Å². The SMILES string of the molecule is CC1CN2c3noc(C4CC4)c3Cn3c2[n+]1c1ccc(C2CC2)cc1c3=O.NS. The van der Waals surface area contributed by atoms with Gasteiger partial charge in [-0.15, -0.1) is 12.8 Å². The number of anilines is 2. The van der Waals surface area contributed by atoms with E-state index in [0.29, 0.717) is 18.4 Å². The normalized spacial score (nSPS) is 21.6. The first kappa shape index (κ1) is 17.5. The number of hydrogen-bond acceptors (Lipinski definition) is 6. The van der Waals surface area contributed by atoms with Gasteiger partial charge in [0.2, 0.25) is 5.82 Å². The molecule has 0 bridgehead atoms. The lowest BCUT2D eigenvalue weighted by Crippen LogP contribution is -2.44. The number of aromatic nitrogens is 3. The molecule has 2 aromatic heterocycles. The molecule has 1 unspecified atom stereocenters. The van der Waals surface area contributed by atoms with Crippen LogP contribution in [0.15, 0.2) is 27.5 Å². The van der Waals surface area contributed by atoms with Crippen LogP contribution in [-0.2, 0) is 6.54 Å². The first-order valence-electron chi connectivity index (χ1n) is 10.3. The zero-order valence-electron chi connectivity index (χ0n) is 16.3. The average Bonchev–Trinajstić information content (AvgIpc) is 3.68. The number of rotatable bonds is 2. The zero-order valence-corrected chi connectivity index (χ0v) is 17.2. The molecule has 8 heteroatoms. The van der Waals surface area contributed by atoms with E-state index in [-0.39, 0.29) is 11.6 Å². The fraction of sp³-hybridized carbons (Fsp3) is 0.476. The molecule has 7 nitrogen and oxygen atoms in total. The highest BCUT2D eigenvalue weighted by Gasteiger charge is 2.47. The molecule has 0 saturated heterocycles. The lowest BCUT2D eigenvalue weighted by atomic mass is 10.1. The third kappa shape index (κ3) is 2.39. The summed E-state index contributed by atoms with van der Waals surface area (Å²) in [6, 6.07) is 6.80. The number of thiol groups is 1. The Kier molecular flexibility index (Phi) is 3.68. The van der Waals surface area contributed by atoms with Crippen molar-refractivity contribution in [2.24, 2.45) is 5.14 Å². The molecule has 2 N–H and O–H groups in total. The second-order valence-electron chi connectivity index (χ2n) is 8.70. The van der Waals surface area contributed by atoms with E-state index in [4.69, 9.17) is 4.52 Å². The highest BCUT2D eigenvalue weighted by atomic mass is 32.1. The van der Waals surface area contributed by atoms with Crippen molar-refractivity contribution in [3.8, 4) is 0 Å². The molecule has 1 atom stereocenters. The molecular formula is C21H24N5O2S+. The molecule has 0 amide bonds. The van der Waals surface area contributed by atoms with Gasteiger partial charge in [-0.25, -0.2) is 9.47 Å². The lowest BCUT2D eigenvalue weighted by molar-refractivity contribution is -0.671. The summed E-state index contributed by atoms with van der Waals surface area (Å²) in [4.78, 5) is 15.7. The Bertz CT molecular complexity index is 1210. The molecule has 7 rings (SSSR count). The molecule has 2 aliphatic carbocycles. The maximum absolute atomic E-state index is 13.5. The summed E-state index contributed by atoms with van der Waals surface area (Å²) in [5, 5.41) is 9.46. The first-order chi connectivity index (χ1) is 14.2. The van der Waals surface area contributed by atoms with E-state index in [9.17, 15) is 4.79 Å². The van der Waals surface area contributed by atoms with Crippen LogP contribution in [-0.4, -0.2) is 16.3 Å². The Morgan fingerprint density at radius 1 is 1.21 bits per heavy atom. The van der Waals surface area contributed by atoms with Gasteiger partial charge in [-0.05, 0) is 61.4 Å². The van der Waals surface area contributed by atoms with Crippen LogP contribution in [0.25, 0.3) is 10.9 Å². The van der Waals surface area contributed by atoms with Crippen LogP contribution in [0.2, 0.25) is 0 Å². The number of fused-ring (bicyclic) bond motifs is 4. The molecule has 4 heterocycles. The molecule has 2 saturated carbocycles. The molecule has 29 heavy (non-hydrogen) atoms. The topological polar surface area (TPSA) is 81.2 Å². The van der Waals surface area contributed by atoms with Crippen molar-refractivity contribution in [2.45, 2.75) is 57.0 Å². The molecule has 150 valence electrons. The molecule has 1 aromatic carbocycles. The lowest BCUT2D eigenvalue weighted by Gasteiger charge is -2.19. The molecule has 2 aliphatic heterocycles. The third-order valence-corrected chi connectivity index (χ3v) is 6.71. The number of hydrogen-bond donors (Lipinski definition) is 2. The molecular weight excluding hydrogens is 386 g/mol. The van der Waals surface area contributed by atoms with Crippen molar-refractivity contribution in [3.05, 3.63) is 45.4 Å². The predicted molar refractivity (Wildman–Crippen MR) is 113 cm³/mol. The van der Waals surface area contributed by atoms with Gasteiger partial charge in [-0.2, -0.15) is 4.57 Å². The summed E-state index contributed by atoms with van der Waals surface area (Å²) in [7, 11) is 0. The number of nitrogens with zero attached hydrogens (tertiary/aromatic N) is 4. The Balaban J connectivity index is 0.000000803. The van der Waals surface area contributed by atoms with E-state index in [1.807, 2.05) is 4.57 Å². The van der Waals surface area contributed by atoms with E-state index in [1.165, 1.54) is 31.2 Å². The van der Waals surface area contributed by atoms with E-state index in [2.05, 4.69) is 57.7 Å². The van der Waals surface area contributed by atoms with Gasteiger partial charge in [0.05, 0.1) is 10.9 Å². The Morgan fingerprint density at radius 2 is 1.97 bits per heavy atom.